The van der Waals surface area contributed by atoms with Crippen molar-refractivity contribution in [2.75, 3.05) is 16.3 Å². The van der Waals surface area contributed by atoms with Crippen molar-refractivity contribution >= 4 is 51.7 Å². The number of para-hydroxylation sites is 2. The number of aliphatic carboxylic acids is 1. The number of hydrogen-bond donors (Lipinski definition) is 1. The van der Waals surface area contributed by atoms with E-state index in [-0.39, 0.29) is 10.5 Å². The average Bonchev–Trinajstić information content (AvgIpc) is 3.14. The van der Waals surface area contributed by atoms with Crippen molar-refractivity contribution in [3.8, 4) is 0 Å². The lowest BCUT2D eigenvalue weighted by molar-refractivity contribution is -0.136. The molecule has 2 aromatic rings. The molecular formula is C21H16N2O5S. The van der Waals surface area contributed by atoms with Crippen LogP contribution < -0.4 is 9.80 Å². The predicted molar refractivity (Wildman–Crippen MR) is 110 cm³/mol. The van der Waals surface area contributed by atoms with Gasteiger partial charge in [-0.05, 0) is 35.9 Å². The number of rotatable bonds is 4. The van der Waals surface area contributed by atoms with Crippen LogP contribution in [-0.4, -0.2) is 34.7 Å². The van der Waals surface area contributed by atoms with E-state index in [1.165, 1.54) is 0 Å². The van der Waals surface area contributed by atoms with Crippen molar-refractivity contribution < 1.29 is 24.3 Å². The second-order valence-electron chi connectivity index (χ2n) is 6.50. The minimum absolute atomic E-state index is 0.0197. The molecular weight excluding hydrogens is 392 g/mol. The third-order valence-electron chi connectivity index (χ3n) is 4.83. The van der Waals surface area contributed by atoms with Crippen LogP contribution in [0.4, 0.5) is 16.2 Å². The van der Waals surface area contributed by atoms with Gasteiger partial charge in [-0.25, -0.2) is 4.90 Å². The Morgan fingerprint density at radius 2 is 1.62 bits per heavy atom. The van der Waals surface area contributed by atoms with E-state index in [0.29, 0.717) is 35.1 Å². The van der Waals surface area contributed by atoms with Crippen LogP contribution in [-0.2, 0) is 20.8 Å². The van der Waals surface area contributed by atoms with Gasteiger partial charge >= 0.3 is 5.97 Å². The van der Waals surface area contributed by atoms with Crippen LogP contribution >= 0.6 is 11.8 Å². The largest absolute Gasteiger partial charge is 0.480 e. The number of anilines is 2. The Balaban J connectivity index is 1.84. The van der Waals surface area contributed by atoms with Crippen LogP contribution in [0.2, 0.25) is 0 Å². The zero-order valence-corrected chi connectivity index (χ0v) is 16.2. The van der Waals surface area contributed by atoms with Crippen LogP contribution in [0, 0.1) is 0 Å². The van der Waals surface area contributed by atoms with Gasteiger partial charge in [0.25, 0.3) is 17.1 Å². The summed E-state index contributed by atoms with van der Waals surface area (Å²) in [7, 11) is 0. The van der Waals surface area contributed by atoms with E-state index in [9.17, 15) is 19.2 Å². The summed E-state index contributed by atoms with van der Waals surface area (Å²) in [6, 6.07) is 13.8. The first-order chi connectivity index (χ1) is 13.9. The number of aryl methyl sites for hydroxylation is 1. The molecule has 1 fully saturated rings. The first kappa shape index (κ1) is 18.9. The van der Waals surface area contributed by atoms with E-state index in [4.69, 9.17) is 5.11 Å². The maximum absolute atomic E-state index is 13.2. The normalized spacial score (nSPS) is 18.6. The summed E-state index contributed by atoms with van der Waals surface area (Å²) in [5, 5.41) is 8.68. The number of carbonyl (C=O) groups excluding carboxylic acids is 3. The molecule has 3 amide bonds. The van der Waals surface area contributed by atoms with E-state index < -0.39 is 29.6 Å². The van der Waals surface area contributed by atoms with E-state index in [0.717, 1.165) is 15.4 Å². The van der Waals surface area contributed by atoms with Crippen molar-refractivity contribution in [2.45, 2.75) is 13.3 Å². The monoisotopic (exact) mass is 408 g/mol. The maximum atomic E-state index is 13.2. The molecule has 0 aliphatic carbocycles. The van der Waals surface area contributed by atoms with Gasteiger partial charge in [-0.1, -0.05) is 43.3 Å². The topological polar surface area (TPSA) is 95.0 Å². The lowest BCUT2D eigenvalue weighted by Crippen LogP contribution is -2.33. The number of imide groups is 1. The van der Waals surface area contributed by atoms with Crippen molar-refractivity contribution in [3.63, 3.8) is 0 Å². The van der Waals surface area contributed by atoms with Crippen LogP contribution in [0.25, 0.3) is 5.57 Å². The first-order valence-corrected chi connectivity index (χ1v) is 9.77. The zero-order valence-electron chi connectivity index (χ0n) is 15.4. The van der Waals surface area contributed by atoms with Gasteiger partial charge in [0.05, 0.1) is 21.9 Å². The summed E-state index contributed by atoms with van der Waals surface area (Å²) >= 11 is 0.703. The highest BCUT2D eigenvalue weighted by atomic mass is 32.2. The van der Waals surface area contributed by atoms with Crippen molar-refractivity contribution in [2.24, 2.45) is 0 Å². The standard InChI is InChI=1S/C21H16N2O5S/c1-2-12-7-3-5-9-14(12)23-20(27)18(29-21(23)28)17-13-8-4-6-10-15(13)22(19(17)26)11-16(24)25/h3-10H,2,11H2,1H3,(H,24,25)/b18-17-. The summed E-state index contributed by atoms with van der Waals surface area (Å²) in [6.07, 6.45) is 0.637. The molecule has 0 bridgehead atoms. The van der Waals surface area contributed by atoms with Gasteiger partial charge in [-0.3, -0.25) is 24.1 Å². The van der Waals surface area contributed by atoms with E-state index in [1.807, 2.05) is 19.1 Å². The second-order valence-corrected chi connectivity index (χ2v) is 7.46. The van der Waals surface area contributed by atoms with Crippen LogP contribution in [0.1, 0.15) is 18.1 Å². The van der Waals surface area contributed by atoms with Gasteiger partial charge < -0.3 is 5.11 Å². The second kappa shape index (κ2) is 7.21. The molecule has 8 heteroatoms. The molecule has 7 nitrogen and oxygen atoms in total. The fourth-order valence-corrected chi connectivity index (χ4v) is 4.47. The van der Waals surface area contributed by atoms with Crippen molar-refractivity contribution in [1.82, 2.24) is 0 Å². The summed E-state index contributed by atoms with van der Waals surface area (Å²) < 4.78 is 0. The van der Waals surface area contributed by atoms with Gasteiger partial charge in [-0.2, -0.15) is 0 Å². The predicted octanol–water partition coefficient (Wildman–Crippen LogP) is 3.29. The van der Waals surface area contributed by atoms with Crippen LogP contribution in [0.5, 0.6) is 0 Å². The van der Waals surface area contributed by atoms with Gasteiger partial charge in [0.1, 0.15) is 6.54 Å². The Labute approximate surface area is 170 Å². The Morgan fingerprint density at radius 1 is 0.966 bits per heavy atom. The molecule has 0 spiro atoms. The van der Waals surface area contributed by atoms with Crippen LogP contribution in [0.15, 0.2) is 53.4 Å². The summed E-state index contributed by atoms with van der Waals surface area (Å²) in [5.74, 6) is -2.33. The lowest BCUT2D eigenvalue weighted by Gasteiger charge is -2.16. The molecule has 0 atom stereocenters. The fourth-order valence-electron chi connectivity index (χ4n) is 3.55. The van der Waals surface area contributed by atoms with E-state index >= 15 is 0 Å². The Hall–Kier alpha value is -3.39. The number of amides is 3. The molecule has 146 valence electrons. The number of carboxylic acid groups (broad SMARTS) is 1. The van der Waals surface area contributed by atoms with Gasteiger partial charge in [0.2, 0.25) is 0 Å². The van der Waals surface area contributed by atoms with E-state index in [2.05, 4.69) is 0 Å². The molecule has 2 aliphatic rings. The van der Waals surface area contributed by atoms with Gasteiger partial charge in [0.15, 0.2) is 0 Å². The Bertz CT molecular complexity index is 1110. The molecule has 2 heterocycles. The van der Waals surface area contributed by atoms with Gasteiger partial charge in [0, 0.05) is 5.56 Å². The minimum atomic E-state index is -1.17. The number of fused-ring (bicyclic) bond motifs is 1. The Kier molecular flexibility index (Phi) is 4.71. The maximum Gasteiger partial charge on any atom is 0.323 e. The third-order valence-corrected chi connectivity index (χ3v) is 5.77. The summed E-state index contributed by atoms with van der Waals surface area (Å²) in [6.45, 7) is 1.40. The first-order valence-electron chi connectivity index (χ1n) is 8.95. The van der Waals surface area contributed by atoms with Crippen molar-refractivity contribution in [3.05, 3.63) is 64.6 Å². The molecule has 2 aromatic carbocycles. The Morgan fingerprint density at radius 3 is 2.31 bits per heavy atom. The highest BCUT2D eigenvalue weighted by Crippen LogP contribution is 2.45. The fraction of sp³-hybridized carbons (Fsp3) is 0.143. The minimum Gasteiger partial charge on any atom is -0.480 e. The molecule has 0 aromatic heterocycles. The number of carboxylic acids is 1. The highest BCUT2D eigenvalue weighted by Gasteiger charge is 2.44. The number of carbonyl (C=O) groups is 4. The third kappa shape index (κ3) is 3.01. The molecule has 2 aliphatic heterocycles. The molecule has 0 saturated carbocycles. The molecule has 29 heavy (non-hydrogen) atoms. The van der Waals surface area contributed by atoms with Crippen LogP contribution in [0.3, 0.4) is 0 Å². The zero-order chi connectivity index (χ0) is 20.7. The average molecular weight is 408 g/mol. The molecule has 0 radical (unpaired) electrons. The summed E-state index contributed by atoms with van der Waals surface area (Å²) in [5.41, 5.74) is 2.27. The number of thioether (sulfide) groups is 1. The highest BCUT2D eigenvalue weighted by molar-refractivity contribution is 8.19. The van der Waals surface area contributed by atoms with Crippen molar-refractivity contribution in [1.29, 1.82) is 0 Å². The molecule has 1 saturated heterocycles. The summed E-state index contributed by atoms with van der Waals surface area (Å²) in [4.78, 5) is 52.4. The molecule has 4 rings (SSSR count). The smallest absolute Gasteiger partial charge is 0.323 e. The van der Waals surface area contributed by atoms with E-state index in [1.54, 1.807) is 36.4 Å². The quantitative estimate of drug-likeness (QED) is 0.780. The lowest BCUT2D eigenvalue weighted by atomic mass is 10.1. The SMILES string of the molecule is CCc1ccccc1N1C(=O)S/C(=C2\C(=O)N(CC(=O)O)c3ccccc32)C1=O. The molecule has 1 N–H and O–H groups in total. The number of benzene rings is 2. The number of hydrogen-bond acceptors (Lipinski definition) is 5. The molecule has 0 unspecified atom stereocenters. The van der Waals surface area contributed by atoms with Gasteiger partial charge in [-0.15, -0.1) is 0 Å². The number of nitrogens with zero attached hydrogens (tertiary/aromatic N) is 2.